The van der Waals surface area contributed by atoms with Gasteiger partial charge in [-0.15, -0.1) is 0 Å². The van der Waals surface area contributed by atoms with E-state index in [1.165, 1.54) is 7.05 Å². The van der Waals surface area contributed by atoms with E-state index in [9.17, 15) is 14.4 Å². The Balaban J connectivity index is 1.88. The molecule has 0 saturated heterocycles. The molecule has 0 bridgehead atoms. The van der Waals surface area contributed by atoms with E-state index >= 15 is 0 Å². The number of urea groups is 1. The summed E-state index contributed by atoms with van der Waals surface area (Å²) in [4.78, 5) is 36.4. The highest BCUT2D eigenvalue weighted by Gasteiger charge is 2.28. The molecule has 0 saturated carbocycles. The average molecular weight is 352 g/mol. The minimum Gasteiger partial charge on any atom is -0.442 e. The van der Waals surface area contributed by atoms with Gasteiger partial charge < -0.3 is 10.1 Å². The zero-order valence-electron chi connectivity index (χ0n) is 13.9. The highest BCUT2D eigenvalue weighted by atomic mass is 16.5. The summed E-state index contributed by atoms with van der Waals surface area (Å²) in [7, 11) is 1.38. The maximum atomic E-state index is 12.6. The van der Waals surface area contributed by atoms with Crippen LogP contribution in [0.5, 0.6) is 0 Å². The number of fused-ring (bicyclic) bond motifs is 1. The first kappa shape index (κ1) is 17.2. The molecular weight excluding hydrogens is 336 g/mol. The van der Waals surface area contributed by atoms with Crippen LogP contribution < -0.4 is 10.6 Å². The lowest BCUT2D eigenvalue weighted by atomic mass is 10.1. The van der Waals surface area contributed by atoms with Gasteiger partial charge in [-0.05, 0) is 6.07 Å². The third-order valence-electron chi connectivity index (χ3n) is 3.69. The third kappa shape index (κ3) is 3.54. The summed E-state index contributed by atoms with van der Waals surface area (Å²) in [6.07, 6.45) is -1.29. The maximum Gasteiger partial charge on any atom is 0.360 e. The van der Waals surface area contributed by atoms with E-state index < -0.39 is 24.0 Å². The topological polar surface area (TPSA) is 113 Å². The Labute approximate surface area is 148 Å². The molecule has 1 aromatic heterocycles. The fourth-order valence-electron chi connectivity index (χ4n) is 2.42. The van der Waals surface area contributed by atoms with Gasteiger partial charge in [-0.25, -0.2) is 9.59 Å². The second kappa shape index (κ2) is 7.47. The van der Waals surface area contributed by atoms with Crippen LogP contribution in [0.2, 0.25) is 0 Å². The van der Waals surface area contributed by atoms with Gasteiger partial charge in [-0.3, -0.25) is 15.2 Å². The molecule has 132 valence electrons. The monoisotopic (exact) mass is 352 g/mol. The lowest BCUT2D eigenvalue weighted by Crippen LogP contribution is -2.41. The number of hydrogen-bond donors (Lipinski definition) is 3. The molecular formula is C18H16N4O4. The highest BCUT2D eigenvalue weighted by molar-refractivity contribution is 6.03. The van der Waals surface area contributed by atoms with E-state index in [4.69, 9.17) is 4.74 Å². The normalized spacial score (nSPS) is 11.6. The Morgan fingerprint density at radius 1 is 1.04 bits per heavy atom. The number of carbonyl (C=O) groups is 3. The second-order valence-electron chi connectivity index (χ2n) is 5.38. The number of benzene rings is 2. The summed E-state index contributed by atoms with van der Waals surface area (Å²) in [6, 6.07) is 14.8. The molecule has 8 nitrogen and oxygen atoms in total. The Bertz CT molecular complexity index is 952. The van der Waals surface area contributed by atoms with Crippen molar-refractivity contribution in [2.24, 2.45) is 0 Å². The molecule has 26 heavy (non-hydrogen) atoms. The smallest absolute Gasteiger partial charge is 0.360 e. The van der Waals surface area contributed by atoms with E-state index in [1.807, 2.05) is 0 Å². The highest BCUT2D eigenvalue weighted by Crippen LogP contribution is 2.22. The Kier molecular flexibility index (Phi) is 4.93. The quantitative estimate of drug-likeness (QED) is 0.621. The van der Waals surface area contributed by atoms with Crippen LogP contribution >= 0.6 is 0 Å². The van der Waals surface area contributed by atoms with Crippen molar-refractivity contribution in [3.05, 3.63) is 65.9 Å². The van der Waals surface area contributed by atoms with Gasteiger partial charge in [0.1, 0.15) is 0 Å². The van der Waals surface area contributed by atoms with E-state index in [1.54, 1.807) is 54.6 Å². The number of nitrogens with one attached hydrogen (secondary N) is 3. The van der Waals surface area contributed by atoms with Crippen molar-refractivity contribution in [1.29, 1.82) is 0 Å². The number of H-pyrrole nitrogens is 1. The van der Waals surface area contributed by atoms with E-state index in [2.05, 4.69) is 20.8 Å². The molecule has 3 amide bonds. The van der Waals surface area contributed by atoms with Crippen LogP contribution in [0.25, 0.3) is 10.9 Å². The van der Waals surface area contributed by atoms with E-state index in [0.717, 1.165) is 0 Å². The van der Waals surface area contributed by atoms with Crippen LogP contribution in [-0.4, -0.2) is 35.2 Å². The summed E-state index contributed by atoms with van der Waals surface area (Å²) in [5.74, 6) is -1.54. The summed E-state index contributed by atoms with van der Waals surface area (Å²) >= 11 is 0. The van der Waals surface area contributed by atoms with Gasteiger partial charge in [-0.2, -0.15) is 5.10 Å². The van der Waals surface area contributed by atoms with Gasteiger partial charge in [0, 0.05) is 18.0 Å². The van der Waals surface area contributed by atoms with Crippen molar-refractivity contribution < 1.29 is 19.1 Å². The molecule has 3 N–H and O–H groups in total. The lowest BCUT2D eigenvalue weighted by Gasteiger charge is -2.17. The van der Waals surface area contributed by atoms with Gasteiger partial charge in [0.15, 0.2) is 5.69 Å². The Morgan fingerprint density at radius 2 is 1.73 bits per heavy atom. The summed E-state index contributed by atoms with van der Waals surface area (Å²) in [5, 5.41) is 11.7. The van der Waals surface area contributed by atoms with Gasteiger partial charge in [0.25, 0.3) is 5.91 Å². The van der Waals surface area contributed by atoms with E-state index in [0.29, 0.717) is 16.5 Å². The minimum atomic E-state index is -1.29. The van der Waals surface area contributed by atoms with Crippen LogP contribution in [-0.2, 0) is 9.53 Å². The molecule has 3 aromatic rings. The number of nitrogens with zero attached hydrogens (tertiary/aromatic N) is 1. The number of rotatable bonds is 4. The summed E-state index contributed by atoms with van der Waals surface area (Å²) in [6.45, 7) is 0. The fraction of sp³-hybridized carbons (Fsp3) is 0.111. The Hall–Kier alpha value is -3.68. The fourth-order valence-corrected chi connectivity index (χ4v) is 2.42. The number of amides is 3. The molecule has 1 atom stereocenters. The summed E-state index contributed by atoms with van der Waals surface area (Å²) in [5.41, 5.74) is 1.17. The lowest BCUT2D eigenvalue weighted by molar-refractivity contribution is -0.129. The molecule has 0 spiro atoms. The number of esters is 1. The van der Waals surface area contributed by atoms with Crippen LogP contribution in [0.15, 0.2) is 54.6 Å². The number of imide groups is 1. The van der Waals surface area contributed by atoms with Gasteiger partial charge in [0.2, 0.25) is 6.10 Å². The maximum absolute atomic E-state index is 12.6. The molecule has 3 rings (SSSR count). The van der Waals surface area contributed by atoms with Crippen LogP contribution in [0.3, 0.4) is 0 Å². The van der Waals surface area contributed by atoms with Crippen molar-refractivity contribution in [3.63, 3.8) is 0 Å². The minimum absolute atomic E-state index is 0.0641. The molecule has 0 aliphatic carbocycles. The predicted molar refractivity (Wildman–Crippen MR) is 93.3 cm³/mol. The molecule has 1 heterocycles. The summed E-state index contributed by atoms with van der Waals surface area (Å²) < 4.78 is 5.38. The Morgan fingerprint density at radius 3 is 2.46 bits per heavy atom. The zero-order valence-corrected chi connectivity index (χ0v) is 13.9. The number of aromatic nitrogens is 2. The first-order chi connectivity index (χ1) is 12.6. The van der Waals surface area contributed by atoms with E-state index in [-0.39, 0.29) is 5.69 Å². The predicted octanol–water partition coefficient (Wildman–Crippen LogP) is 1.92. The van der Waals surface area contributed by atoms with Crippen LogP contribution in [0, 0.1) is 0 Å². The van der Waals surface area contributed by atoms with Crippen molar-refractivity contribution in [3.8, 4) is 0 Å². The largest absolute Gasteiger partial charge is 0.442 e. The van der Waals surface area contributed by atoms with Crippen molar-refractivity contribution in [2.75, 3.05) is 7.05 Å². The van der Waals surface area contributed by atoms with Crippen LogP contribution in [0.1, 0.15) is 22.2 Å². The first-order valence-electron chi connectivity index (χ1n) is 7.81. The van der Waals surface area contributed by atoms with Gasteiger partial charge in [0.05, 0.1) is 5.52 Å². The third-order valence-corrected chi connectivity index (χ3v) is 3.69. The van der Waals surface area contributed by atoms with Crippen molar-refractivity contribution >= 4 is 28.8 Å². The molecule has 8 heteroatoms. The average Bonchev–Trinajstić information content (AvgIpc) is 3.10. The van der Waals surface area contributed by atoms with Crippen molar-refractivity contribution in [1.82, 2.24) is 20.8 Å². The van der Waals surface area contributed by atoms with Crippen LogP contribution in [0.4, 0.5) is 4.79 Å². The number of ether oxygens (including phenoxy) is 1. The molecule has 0 radical (unpaired) electrons. The van der Waals surface area contributed by atoms with Crippen molar-refractivity contribution in [2.45, 2.75) is 6.10 Å². The number of carbonyl (C=O) groups excluding carboxylic acids is 3. The first-order valence-corrected chi connectivity index (χ1v) is 7.81. The molecule has 0 aliphatic heterocycles. The molecule has 0 fully saturated rings. The number of aromatic amines is 1. The SMILES string of the molecule is CNC(=O)NC(=O)C(OC(=O)c1n[nH]c2ccccc12)c1ccccc1. The zero-order chi connectivity index (χ0) is 18.5. The second-order valence-corrected chi connectivity index (χ2v) is 5.38. The van der Waals surface area contributed by atoms with Gasteiger partial charge in [-0.1, -0.05) is 48.5 Å². The molecule has 2 aromatic carbocycles. The molecule has 0 aliphatic rings. The number of para-hydroxylation sites is 1. The standard InChI is InChI=1S/C18H16N4O4/c1-19-18(25)20-16(23)15(11-7-3-2-4-8-11)26-17(24)14-12-9-5-6-10-13(12)21-22-14/h2-10,15H,1H3,(H,21,22)(H2,19,20,23,25). The number of hydrogen-bond acceptors (Lipinski definition) is 5. The van der Waals surface area contributed by atoms with Gasteiger partial charge >= 0.3 is 12.0 Å². The molecule has 1 unspecified atom stereocenters.